The highest BCUT2D eigenvalue weighted by molar-refractivity contribution is 7.80. The molecule has 18 heavy (non-hydrogen) atoms. The molecule has 1 aliphatic heterocycles. The van der Waals surface area contributed by atoms with Crippen LogP contribution in [0.25, 0.3) is 0 Å². The highest BCUT2D eigenvalue weighted by atomic mass is 32.1. The largest absolute Gasteiger partial charge is 0.393 e. The SMILES string of the molecule is CC(CN1C(=O)CC2(CCCCC2)C1=O)C(N)=S. The van der Waals surface area contributed by atoms with Crippen LogP contribution in [0.2, 0.25) is 0 Å². The molecule has 2 aliphatic rings. The van der Waals surface area contributed by atoms with Gasteiger partial charge in [-0.25, -0.2) is 0 Å². The van der Waals surface area contributed by atoms with Gasteiger partial charge in [0, 0.05) is 18.9 Å². The molecule has 0 aromatic rings. The monoisotopic (exact) mass is 268 g/mol. The number of likely N-dealkylation sites (tertiary alicyclic amines) is 1. The van der Waals surface area contributed by atoms with Gasteiger partial charge >= 0.3 is 0 Å². The molecule has 0 bridgehead atoms. The van der Waals surface area contributed by atoms with Crippen molar-refractivity contribution in [1.82, 2.24) is 4.90 Å². The summed E-state index contributed by atoms with van der Waals surface area (Å²) in [6.45, 7) is 2.20. The van der Waals surface area contributed by atoms with Crippen molar-refractivity contribution in [2.45, 2.75) is 45.4 Å². The maximum Gasteiger partial charge on any atom is 0.235 e. The molecule has 2 rings (SSSR count). The molecule has 0 aromatic carbocycles. The Kier molecular flexibility index (Phi) is 3.71. The Morgan fingerprint density at radius 2 is 2.00 bits per heavy atom. The van der Waals surface area contributed by atoms with E-state index >= 15 is 0 Å². The van der Waals surface area contributed by atoms with E-state index in [2.05, 4.69) is 0 Å². The molecule has 0 radical (unpaired) electrons. The lowest BCUT2D eigenvalue weighted by atomic mass is 9.73. The van der Waals surface area contributed by atoms with Gasteiger partial charge in [-0.3, -0.25) is 14.5 Å². The van der Waals surface area contributed by atoms with E-state index in [-0.39, 0.29) is 17.7 Å². The third kappa shape index (κ3) is 2.28. The van der Waals surface area contributed by atoms with E-state index in [9.17, 15) is 9.59 Å². The molecule has 1 atom stereocenters. The summed E-state index contributed by atoms with van der Waals surface area (Å²) < 4.78 is 0. The first-order valence-electron chi connectivity index (χ1n) is 6.60. The molecule has 1 heterocycles. The van der Waals surface area contributed by atoms with Crippen molar-refractivity contribution in [1.29, 1.82) is 0 Å². The smallest absolute Gasteiger partial charge is 0.235 e. The van der Waals surface area contributed by atoms with Gasteiger partial charge in [-0.15, -0.1) is 0 Å². The number of nitrogens with zero attached hydrogens (tertiary/aromatic N) is 1. The third-order valence-corrected chi connectivity index (χ3v) is 4.64. The maximum atomic E-state index is 12.5. The van der Waals surface area contributed by atoms with E-state index in [1.165, 1.54) is 11.3 Å². The number of imide groups is 1. The summed E-state index contributed by atoms with van der Waals surface area (Å²) >= 11 is 4.91. The van der Waals surface area contributed by atoms with Crippen LogP contribution in [0.3, 0.4) is 0 Å². The second-order valence-corrected chi connectivity index (χ2v) is 6.10. The Morgan fingerprint density at radius 3 is 2.56 bits per heavy atom. The van der Waals surface area contributed by atoms with Crippen LogP contribution >= 0.6 is 12.2 Å². The van der Waals surface area contributed by atoms with Crippen molar-refractivity contribution < 1.29 is 9.59 Å². The van der Waals surface area contributed by atoms with Crippen molar-refractivity contribution in [3.8, 4) is 0 Å². The van der Waals surface area contributed by atoms with E-state index in [1.54, 1.807) is 0 Å². The van der Waals surface area contributed by atoms with Gasteiger partial charge in [-0.05, 0) is 12.8 Å². The summed E-state index contributed by atoms with van der Waals surface area (Å²) in [7, 11) is 0. The number of thiocarbonyl (C=S) groups is 1. The second kappa shape index (κ2) is 4.96. The van der Waals surface area contributed by atoms with Gasteiger partial charge in [0.1, 0.15) is 0 Å². The molecule has 2 N–H and O–H groups in total. The molecule has 1 aliphatic carbocycles. The molecule has 4 nitrogen and oxygen atoms in total. The van der Waals surface area contributed by atoms with Crippen LogP contribution in [-0.4, -0.2) is 28.2 Å². The van der Waals surface area contributed by atoms with Crippen LogP contribution in [-0.2, 0) is 9.59 Å². The van der Waals surface area contributed by atoms with Gasteiger partial charge < -0.3 is 5.73 Å². The van der Waals surface area contributed by atoms with Gasteiger partial charge in [-0.2, -0.15) is 0 Å². The average molecular weight is 268 g/mol. The molecule has 2 fully saturated rings. The van der Waals surface area contributed by atoms with Crippen molar-refractivity contribution in [2.24, 2.45) is 17.1 Å². The Labute approximate surface area is 113 Å². The van der Waals surface area contributed by atoms with E-state index in [4.69, 9.17) is 18.0 Å². The lowest BCUT2D eigenvalue weighted by molar-refractivity contribution is -0.142. The number of carbonyl (C=O) groups excluding carboxylic acids is 2. The predicted molar refractivity (Wildman–Crippen MR) is 72.8 cm³/mol. The van der Waals surface area contributed by atoms with Crippen molar-refractivity contribution in [3.05, 3.63) is 0 Å². The van der Waals surface area contributed by atoms with Gasteiger partial charge in [0.2, 0.25) is 11.8 Å². The number of rotatable bonds is 3. The van der Waals surface area contributed by atoms with Crippen molar-refractivity contribution in [3.63, 3.8) is 0 Å². The normalized spacial score (nSPS) is 24.6. The Hall–Kier alpha value is -0.970. The highest BCUT2D eigenvalue weighted by Crippen LogP contribution is 2.45. The molecule has 1 saturated carbocycles. The lowest BCUT2D eigenvalue weighted by Gasteiger charge is -2.30. The zero-order chi connectivity index (χ0) is 13.3. The van der Waals surface area contributed by atoms with Crippen LogP contribution < -0.4 is 5.73 Å². The summed E-state index contributed by atoms with van der Waals surface area (Å²) in [6.07, 6.45) is 5.38. The minimum Gasteiger partial charge on any atom is -0.393 e. The summed E-state index contributed by atoms with van der Waals surface area (Å²) in [5.41, 5.74) is 5.16. The van der Waals surface area contributed by atoms with E-state index in [0.717, 1.165) is 25.7 Å². The molecular weight excluding hydrogens is 248 g/mol. The van der Waals surface area contributed by atoms with Gasteiger partial charge in [0.15, 0.2) is 0 Å². The number of hydrogen-bond acceptors (Lipinski definition) is 3. The van der Waals surface area contributed by atoms with Gasteiger partial charge in [0.25, 0.3) is 0 Å². The molecule has 1 saturated heterocycles. The Balaban J connectivity index is 2.11. The summed E-state index contributed by atoms with van der Waals surface area (Å²) in [4.78, 5) is 26.3. The first kappa shape index (κ1) is 13.5. The van der Waals surface area contributed by atoms with E-state index in [0.29, 0.717) is 18.0 Å². The second-order valence-electron chi connectivity index (χ2n) is 5.63. The quantitative estimate of drug-likeness (QED) is 0.624. The fraction of sp³-hybridized carbons (Fsp3) is 0.769. The molecule has 1 spiro atoms. The topological polar surface area (TPSA) is 63.4 Å². The fourth-order valence-corrected chi connectivity index (χ4v) is 3.10. The minimum atomic E-state index is -0.398. The maximum absolute atomic E-state index is 12.5. The molecule has 5 heteroatoms. The zero-order valence-electron chi connectivity index (χ0n) is 10.8. The summed E-state index contributed by atoms with van der Waals surface area (Å²) in [5, 5.41) is 0. The standard InChI is InChI=1S/C13H20N2O2S/c1-9(11(14)18)8-15-10(16)7-13(12(15)17)5-3-2-4-6-13/h9H,2-8H2,1H3,(H2,14,18). The zero-order valence-corrected chi connectivity index (χ0v) is 11.6. The highest BCUT2D eigenvalue weighted by Gasteiger charge is 2.51. The molecule has 2 amide bonds. The van der Waals surface area contributed by atoms with Gasteiger partial charge in [0.05, 0.1) is 10.4 Å². The predicted octanol–water partition coefficient (Wildman–Crippen LogP) is 1.62. The summed E-state index contributed by atoms with van der Waals surface area (Å²) in [6, 6.07) is 0. The molecule has 100 valence electrons. The molecule has 1 unspecified atom stereocenters. The van der Waals surface area contributed by atoms with Crippen molar-refractivity contribution >= 4 is 29.0 Å². The number of amides is 2. The Morgan fingerprint density at radius 1 is 1.39 bits per heavy atom. The first-order chi connectivity index (χ1) is 8.46. The van der Waals surface area contributed by atoms with E-state index < -0.39 is 5.41 Å². The average Bonchev–Trinajstić information content (AvgIpc) is 2.55. The van der Waals surface area contributed by atoms with E-state index in [1.807, 2.05) is 6.92 Å². The molecule has 0 aromatic heterocycles. The fourth-order valence-electron chi connectivity index (χ4n) is 3.03. The van der Waals surface area contributed by atoms with Crippen LogP contribution in [0.15, 0.2) is 0 Å². The number of carbonyl (C=O) groups is 2. The van der Waals surface area contributed by atoms with Crippen LogP contribution in [0.4, 0.5) is 0 Å². The van der Waals surface area contributed by atoms with Crippen LogP contribution in [0.1, 0.15) is 45.4 Å². The Bertz CT molecular complexity index is 388. The third-order valence-electron chi connectivity index (χ3n) is 4.24. The first-order valence-corrected chi connectivity index (χ1v) is 7.01. The molecular formula is C13H20N2O2S. The van der Waals surface area contributed by atoms with Crippen LogP contribution in [0.5, 0.6) is 0 Å². The van der Waals surface area contributed by atoms with Gasteiger partial charge in [-0.1, -0.05) is 38.4 Å². The summed E-state index contributed by atoms with van der Waals surface area (Å²) in [5.74, 6) is -0.146. The number of nitrogens with two attached hydrogens (primary N) is 1. The minimum absolute atomic E-state index is 0.00954. The number of hydrogen-bond donors (Lipinski definition) is 1. The van der Waals surface area contributed by atoms with Crippen molar-refractivity contribution in [2.75, 3.05) is 6.54 Å². The van der Waals surface area contributed by atoms with Crippen LogP contribution in [0, 0.1) is 11.3 Å². The lowest BCUT2D eigenvalue weighted by Crippen LogP contribution is -2.41.